The van der Waals surface area contributed by atoms with Crippen molar-refractivity contribution in [3.8, 4) is 11.5 Å². The summed E-state index contributed by atoms with van der Waals surface area (Å²) in [4.78, 5) is 0. The highest BCUT2D eigenvalue weighted by atomic mass is 16.7. The molecule has 1 aliphatic heterocycles. The van der Waals surface area contributed by atoms with Gasteiger partial charge in [-0.1, -0.05) is 19.9 Å². The summed E-state index contributed by atoms with van der Waals surface area (Å²) in [5.74, 6) is 2.99. The van der Waals surface area contributed by atoms with Gasteiger partial charge in [0.15, 0.2) is 11.5 Å². The summed E-state index contributed by atoms with van der Waals surface area (Å²) in [5.41, 5.74) is 1.21. The quantitative estimate of drug-likeness (QED) is 0.632. The first kappa shape index (κ1) is 7.47. The normalized spacial score (nSPS) is 13.9. The molecule has 0 unspecified atom stereocenters. The van der Waals surface area contributed by atoms with Crippen LogP contribution in [-0.4, -0.2) is 6.79 Å². The molecule has 1 aromatic carbocycles. The molecule has 1 radical (unpaired) electrons. The lowest BCUT2D eigenvalue weighted by molar-refractivity contribution is 0.174. The van der Waals surface area contributed by atoms with Crippen LogP contribution in [0.15, 0.2) is 18.2 Å². The smallest absolute Gasteiger partial charge is 0.231 e. The lowest BCUT2D eigenvalue weighted by atomic mass is 10.0. The maximum absolute atomic E-state index is 5.25. The van der Waals surface area contributed by atoms with Crippen molar-refractivity contribution in [3.05, 3.63) is 29.7 Å². The molecule has 12 heavy (non-hydrogen) atoms. The Labute approximate surface area is 72.1 Å². The Morgan fingerprint density at radius 1 is 1.17 bits per heavy atom. The van der Waals surface area contributed by atoms with E-state index in [2.05, 4.69) is 13.8 Å². The maximum Gasteiger partial charge on any atom is 0.231 e. The van der Waals surface area contributed by atoms with Gasteiger partial charge in [0.1, 0.15) is 0 Å². The van der Waals surface area contributed by atoms with Gasteiger partial charge in [-0.05, 0) is 23.6 Å². The Morgan fingerprint density at radius 3 is 2.67 bits per heavy atom. The second-order valence-corrected chi connectivity index (χ2v) is 3.07. The molecule has 1 aliphatic rings. The largest absolute Gasteiger partial charge is 0.454 e. The summed E-state index contributed by atoms with van der Waals surface area (Å²) in [6, 6.07) is 6.01. The van der Waals surface area contributed by atoms with Crippen molar-refractivity contribution in [2.75, 3.05) is 6.79 Å². The molecule has 63 valence electrons. The second kappa shape index (κ2) is 2.70. The number of benzene rings is 1. The third-order valence-corrected chi connectivity index (χ3v) is 1.95. The van der Waals surface area contributed by atoms with Crippen LogP contribution in [0, 0.1) is 5.92 Å². The van der Waals surface area contributed by atoms with E-state index in [9.17, 15) is 0 Å². The highest BCUT2D eigenvalue weighted by Crippen LogP contribution is 2.34. The molecule has 1 heterocycles. The van der Waals surface area contributed by atoms with Gasteiger partial charge < -0.3 is 9.47 Å². The van der Waals surface area contributed by atoms with Gasteiger partial charge in [-0.15, -0.1) is 0 Å². The number of hydrogen-bond acceptors (Lipinski definition) is 2. The molecule has 2 rings (SSSR count). The molecule has 0 bridgehead atoms. The average molecular weight is 163 g/mol. The highest BCUT2D eigenvalue weighted by molar-refractivity contribution is 5.47. The van der Waals surface area contributed by atoms with Crippen molar-refractivity contribution in [1.29, 1.82) is 0 Å². The Bertz CT molecular complexity index is 292. The zero-order valence-corrected chi connectivity index (χ0v) is 7.26. The van der Waals surface area contributed by atoms with E-state index in [0.29, 0.717) is 6.79 Å². The predicted octanol–water partition coefficient (Wildman–Crippen LogP) is 2.38. The van der Waals surface area contributed by atoms with Gasteiger partial charge in [0, 0.05) is 0 Å². The minimum atomic E-state index is 0.349. The molecule has 0 amide bonds. The van der Waals surface area contributed by atoms with E-state index in [1.54, 1.807) is 0 Å². The van der Waals surface area contributed by atoms with Crippen LogP contribution >= 0.6 is 0 Å². The molecule has 0 spiro atoms. The van der Waals surface area contributed by atoms with Crippen molar-refractivity contribution >= 4 is 0 Å². The minimum Gasteiger partial charge on any atom is -0.454 e. The maximum atomic E-state index is 5.25. The van der Waals surface area contributed by atoms with E-state index in [4.69, 9.17) is 9.47 Å². The lowest BCUT2D eigenvalue weighted by Gasteiger charge is -2.04. The van der Waals surface area contributed by atoms with Gasteiger partial charge in [-0.3, -0.25) is 0 Å². The molecule has 0 aromatic heterocycles. The van der Waals surface area contributed by atoms with Crippen molar-refractivity contribution in [3.63, 3.8) is 0 Å². The summed E-state index contributed by atoms with van der Waals surface area (Å²) in [7, 11) is 0. The van der Waals surface area contributed by atoms with Crippen LogP contribution in [0.25, 0.3) is 0 Å². The summed E-state index contributed by atoms with van der Waals surface area (Å²) in [5, 5.41) is 0. The van der Waals surface area contributed by atoms with Crippen LogP contribution in [0.3, 0.4) is 0 Å². The Morgan fingerprint density at radius 2 is 1.92 bits per heavy atom. The summed E-state index contributed by atoms with van der Waals surface area (Å²) in [6.45, 7) is 4.51. The van der Waals surface area contributed by atoms with Gasteiger partial charge in [0.2, 0.25) is 6.79 Å². The number of ether oxygens (including phenoxy) is 2. The monoisotopic (exact) mass is 163 g/mol. The molecule has 0 fully saturated rings. The SMILES string of the molecule is C[C](C)c1ccc2c(c1)OCO2. The summed E-state index contributed by atoms with van der Waals surface area (Å²) >= 11 is 0. The third kappa shape index (κ3) is 1.13. The minimum absolute atomic E-state index is 0.349. The van der Waals surface area contributed by atoms with E-state index in [-0.39, 0.29) is 0 Å². The molecule has 0 aliphatic carbocycles. The topological polar surface area (TPSA) is 18.5 Å². The molecule has 0 N–H and O–H groups in total. The Balaban J connectivity index is 2.39. The van der Waals surface area contributed by atoms with Crippen LogP contribution in [-0.2, 0) is 0 Å². The predicted molar refractivity (Wildman–Crippen MR) is 46.3 cm³/mol. The molecule has 1 aromatic rings. The zero-order valence-electron chi connectivity index (χ0n) is 7.26. The van der Waals surface area contributed by atoms with Crippen LogP contribution in [0.4, 0.5) is 0 Å². The number of fused-ring (bicyclic) bond motifs is 1. The van der Waals surface area contributed by atoms with E-state index in [0.717, 1.165) is 11.5 Å². The average Bonchev–Trinajstić information content (AvgIpc) is 2.49. The summed E-state index contributed by atoms with van der Waals surface area (Å²) in [6.07, 6.45) is 0. The first-order valence-electron chi connectivity index (χ1n) is 3.97. The first-order chi connectivity index (χ1) is 5.77. The van der Waals surface area contributed by atoms with Gasteiger partial charge in [0.05, 0.1) is 0 Å². The first-order valence-corrected chi connectivity index (χ1v) is 3.97. The van der Waals surface area contributed by atoms with Crippen LogP contribution in [0.1, 0.15) is 19.4 Å². The second-order valence-electron chi connectivity index (χ2n) is 3.07. The standard InChI is InChI=1S/C10H11O2/c1-7(2)8-3-4-9-10(5-8)12-6-11-9/h3-5H,6H2,1-2H3. The van der Waals surface area contributed by atoms with Gasteiger partial charge >= 0.3 is 0 Å². The zero-order chi connectivity index (χ0) is 8.55. The lowest BCUT2D eigenvalue weighted by Crippen LogP contribution is -1.93. The fraction of sp³-hybridized carbons (Fsp3) is 0.300. The van der Waals surface area contributed by atoms with E-state index >= 15 is 0 Å². The Hall–Kier alpha value is -1.18. The molecule has 0 saturated carbocycles. The van der Waals surface area contributed by atoms with Gasteiger partial charge in [0.25, 0.3) is 0 Å². The third-order valence-electron chi connectivity index (χ3n) is 1.95. The Kier molecular flexibility index (Phi) is 1.68. The van der Waals surface area contributed by atoms with Gasteiger partial charge in [-0.2, -0.15) is 0 Å². The van der Waals surface area contributed by atoms with Crippen LogP contribution < -0.4 is 9.47 Å². The molecule has 2 heteroatoms. The molecule has 2 nitrogen and oxygen atoms in total. The summed E-state index contributed by atoms with van der Waals surface area (Å²) < 4.78 is 10.5. The highest BCUT2D eigenvalue weighted by Gasteiger charge is 2.13. The van der Waals surface area contributed by atoms with E-state index in [1.807, 2.05) is 18.2 Å². The van der Waals surface area contributed by atoms with Crippen LogP contribution in [0.2, 0.25) is 0 Å². The van der Waals surface area contributed by atoms with Crippen LogP contribution in [0.5, 0.6) is 11.5 Å². The number of rotatable bonds is 1. The molecular weight excluding hydrogens is 152 g/mol. The number of hydrogen-bond donors (Lipinski definition) is 0. The molecular formula is C10H11O2. The fourth-order valence-electron chi connectivity index (χ4n) is 1.21. The molecule has 0 saturated heterocycles. The van der Waals surface area contributed by atoms with Crippen molar-refractivity contribution in [1.82, 2.24) is 0 Å². The van der Waals surface area contributed by atoms with Gasteiger partial charge in [-0.25, -0.2) is 0 Å². The molecule has 0 atom stereocenters. The van der Waals surface area contributed by atoms with Crippen molar-refractivity contribution in [2.24, 2.45) is 0 Å². The van der Waals surface area contributed by atoms with Crippen molar-refractivity contribution in [2.45, 2.75) is 13.8 Å². The van der Waals surface area contributed by atoms with Crippen molar-refractivity contribution < 1.29 is 9.47 Å². The fourth-order valence-corrected chi connectivity index (χ4v) is 1.21. The van der Waals surface area contributed by atoms with E-state index in [1.165, 1.54) is 11.5 Å². The van der Waals surface area contributed by atoms with E-state index < -0.39 is 0 Å².